The molecule has 0 saturated carbocycles. The first-order chi connectivity index (χ1) is 18.8. The third kappa shape index (κ3) is 8.83. The zero-order valence-electron chi connectivity index (χ0n) is 23.7. The lowest BCUT2D eigenvalue weighted by Crippen LogP contribution is -2.53. The van der Waals surface area contributed by atoms with Crippen LogP contribution in [0.5, 0.6) is 0 Å². The number of amides is 2. The number of hydrogen-bond acceptors (Lipinski definition) is 4. The highest BCUT2D eigenvalue weighted by atomic mass is 35.5. The predicted octanol–water partition coefficient (Wildman–Crippen LogP) is 5.14. The lowest BCUT2D eigenvalue weighted by Gasteiger charge is -2.34. The third-order valence-corrected chi connectivity index (χ3v) is 7.86. The largest absolute Gasteiger partial charge is 0.354 e. The van der Waals surface area contributed by atoms with Gasteiger partial charge in [0, 0.05) is 24.5 Å². The van der Waals surface area contributed by atoms with Gasteiger partial charge in [0.2, 0.25) is 21.8 Å². The molecule has 0 aliphatic rings. The Morgan fingerprint density at radius 1 is 0.925 bits per heavy atom. The van der Waals surface area contributed by atoms with E-state index in [0.717, 1.165) is 32.8 Å². The van der Waals surface area contributed by atoms with Crippen molar-refractivity contribution in [3.63, 3.8) is 0 Å². The van der Waals surface area contributed by atoms with Crippen LogP contribution >= 0.6 is 11.6 Å². The van der Waals surface area contributed by atoms with Gasteiger partial charge in [0.05, 0.1) is 11.9 Å². The number of nitrogens with zero attached hydrogens (tertiary/aromatic N) is 2. The Morgan fingerprint density at radius 2 is 1.60 bits per heavy atom. The van der Waals surface area contributed by atoms with Crippen LogP contribution in [0.1, 0.15) is 36.1 Å². The second kappa shape index (κ2) is 13.8. The summed E-state index contributed by atoms with van der Waals surface area (Å²) in [5, 5.41) is 3.48. The third-order valence-electron chi connectivity index (χ3n) is 6.50. The first kappa shape index (κ1) is 31.2. The monoisotopic (exact) mass is 583 g/mol. The number of sulfonamides is 1. The maximum absolute atomic E-state index is 14.1. The fourth-order valence-electron chi connectivity index (χ4n) is 4.49. The van der Waals surface area contributed by atoms with Gasteiger partial charge >= 0.3 is 0 Å². The Hall–Kier alpha value is -3.36. The van der Waals surface area contributed by atoms with Gasteiger partial charge in [-0.15, -0.1) is 0 Å². The zero-order valence-corrected chi connectivity index (χ0v) is 25.3. The molecule has 0 aromatic heterocycles. The number of benzene rings is 3. The van der Waals surface area contributed by atoms with Gasteiger partial charge in [-0.2, -0.15) is 0 Å². The van der Waals surface area contributed by atoms with Gasteiger partial charge < -0.3 is 10.2 Å². The number of rotatable bonds is 12. The molecule has 0 spiro atoms. The van der Waals surface area contributed by atoms with Gasteiger partial charge in [-0.25, -0.2) is 8.42 Å². The predicted molar refractivity (Wildman–Crippen MR) is 162 cm³/mol. The van der Waals surface area contributed by atoms with Crippen LogP contribution in [-0.2, 0) is 32.6 Å². The first-order valence-corrected chi connectivity index (χ1v) is 15.5. The normalized spacial score (nSPS) is 12.2. The van der Waals surface area contributed by atoms with E-state index >= 15 is 0 Å². The van der Waals surface area contributed by atoms with E-state index in [4.69, 9.17) is 11.6 Å². The minimum atomic E-state index is -3.82. The second-order valence-corrected chi connectivity index (χ2v) is 12.9. The summed E-state index contributed by atoms with van der Waals surface area (Å²) < 4.78 is 27.0. The van der Waals surface area contributed by atoms with E-state index in [9.17, 15) is 18.0 Å². The highest BCUT2D eigenvalue weighted by Crippen LogP contribution is 2.25. The Labute approximate surface area is 243 Å². The smallest absolute Gasteiger partial charge is 0.244 e. The van der Waals surface area contributed by atoms with Crippen LogP contribution in [0.15, 0.2) is 72.8 Å². The van der Waals surface area contributed by atoms with E-state index in [0.29, 0.717) is 17.3 Å². The molecular formula is C31H38ClN3O4S. The van der Waals surface area contributed by atoms with Crippen LogP contribution in [0.3, 0.4) is 0 Å². The van der Waals surface area contributed by atoms with Gasteiger partial charge in [-0.05, 0) is 54.7 Å². The van der Waals surface area contributed by atoms with E-state index in [2.05, 4.69) is 5.32 Å². The van der Waals surface area contributed by atoms with E-state index in [1.165, 1.54) is 4.90 Å². The number of anilines is 1. The van der Waals surface area contributed by atoms with Crippen LogP contribution in [0.4, 0.5) is 5.69 Å². The molecule has 3 aromatic rings. The number of hydrogen-bond donors (Lipinski definition) is 1. The number of halogens is 1. The van der Waals surface area contributed by atoms with E-state index < -0.39 is 28.5 Å². The molecule has 0 radical (unpaired) electrons. The summed E-state index contributed by atoms with van der Waals surface area (Å²) in [6.07, 6.45) is 1.34. The quantitative estimate of drug-likeness (QED) is 0.320. The van der Waals surface area contributed by atoms with Crippen LogP contribution in [0.25, 0.3) is 0 Å². The van der Waals surface area contributed by atoms with Gasteiger partial charge in [-0.1, -0.05) is 85.6 Å². The fourth-order valence-corrected chi connectivity index (χ4v) is 5.61. The summed E-state index contributed by atoms with van der Waals surface area (Å²) in [5.74, 6) is -0.583. The van der Waals surface area contributed by atoms with Gasteiger partial charge in [-0.3, -0.25) is 13.9 Å². The van der Waals surface area contributed by atoms with E-state index in [-0.39, 0.29) is 24.8 Å². The van der Waals surface area contributed by atoms with Crippen molar-refractivity contribution in [1.29, 1.82) is 0 Å². The van der Waals surface area contributed by atoms with Gasteiger partial charge in [0.1, 0.15) is 12.6 Å². The number of aryl methyl sites for hydroxylation is 2. The molecule has 1 atom stereocenters. The minimum absolute atomic E-state index is 0.0798. The van der Waals surface area contributed by atoms with Gasteiger partial charge in [0.25, 0.3) is 0 Å². The highest BCUT2D eigenvalue weighted by molar-refractivity contribution is 7.92. The Kier molecular flexibility index (Phi) is 10.8. The van der Waals surface area contributed by atoms with Crippen molar-refractivity contribution in [2.24, 2.45) is 5.92 Å². The summed E-state index contributed by atoms with van der Waals surface area (Å²) in [4.78, 5) is 29.2. The molecule has 214 valence electrons. The summed E-state index contributed by atoms with van der Waals surface area (Å²) >= 11 is 6.25. The van der Waals surface area contributed by atoms with Crippen molar-refractivity contribution < 1.29 is 18.0 Å². The van der Waals surface area contributed by atoms with E-state index in [1.807, 2.05) is 76.2 Å². The molecule has 3 rings (SSSR count). The summed E-state index contributed by atoms with van der Waals surface area (Å²) in [7, 11) is -3.82. The SMILES string of the molecule is Cc1ccc(N(CC(=O)N(Cc2cccc(Cl)c2)[C@H](Cc2ccccc2)C(=O)NCC(C)C)S(C)(=O)=O)c(C)c1. The fraction of sp³-hybridized carbons (Fsp3) is 0.355. The van der Waals surface area contributed by atoms with Crippen molar-refractivity contribution >= 4 is 39.1 Å². The van der Waals surface area contributed by atoms with E-state index in [1.54, 1.807) is 24.3 Å². The molecular weight excluding hydrogens is 546 g/mol. The molecule has 0 heterocycles. The molecule has 9 heteroatoms. The zero-order chi connectivity index (χ0) is 29.4. The first-order valence-electron chi connectivity index (χ1n) is 13.3. The molecule has 3 aromatic carbocycles. The number of nitrogens with one attached hydrogen (secondary N) is 1. The molecule has 0 bridgehead atoms. The van der Waals surface area contributed by atoms with Crippen molar-refractivity contribution in [2.75, 3.05) is 23.7 Å². The highest BCUT2D eigenvalue weighted by Gasteiger charge is 2.33. The van der Waals surface area contributed by atoms with Crippen LogP contribution < -0.4 is 9.62 Å². The maximum atomic E-state index is 14.1. The molecule has 0 unspecified atom stereocenters. The van der Waals surface area contributed by atoms with Crippen LogP contribution in [-0.4, -0.2) is 50.5 Å². The Morgan fingerprint density at radius 3 is 2.20 bits per heavy atom. The molecule has 2 amide bonds. The number of carbonyl (C=O) groups is 2. The maximum Gasteiger partial charge on any atom is 0.244 e. The van der Waals surface area contributed by atoms with Crippen LogP contribution in [0.2, 0.25) is 5.02 Å². The minimum Gasteiger partial charge on any atom is -0.354 e. The standard InChI is InChI=1S/C31H38ClN3O4S/c1-22(2)19-33-31(37)29(18-25-10-7-6-8-11-25)34(20-26-12-9-13-27(32)17-26)30(36)21-35(40(5,38)39)28-15-14-23(3)16-24(28)4/h6-17,22,29H,18-21H2,1-5H3,(H,33,37)/t29-/m1/s1. The molecule has 40 heavy (non-hydrogen) atoms. The summed E-state index contributed by atoms with van der Waals surface area (Å²) in [6, 6.07) is 21.1. The molecule has 0 aliphatic carbocycles. The Balaban J connectivity index is 2.07. The molecule has 1 N–H and O–H groups in total. The Bertz CT molecular complexity index is 1430. The van der Waals surface area contributed by atoms with Crippen molar-refractivity contribution in [3.05, 3.63) is 100 Å². The molecule has 7 nitrogen and oxygen atoms in total. The van der Waals surface area contributed by atoms with Crippen molar-refractivity contribution in [2.45, 2.75) is 46.7 Å². The average molecular weight is 584 g/mol. The summed E-state index contributed by atoms with van der Waals surface area (Å²) in [5.41, 5.74) is 3.75. The summed E-state index contributed by atoms with van der Waals surface area (Å²) in [6.45, 7) is 7.80. The average Bonchev–Trinajstić information content (AvgIpc) is 2.88. The lowest BCUT2D eigenvalue weighted by molar-refractivity contribution is -0.140. The number of carbonyl (C=O) groups excluding carboxylic acids is 2. The molecule has 0 saturated heterocycles. The molecule has 0 fully saturated rings. The topological polar surface area (TPSA) is 86.8 Å². The van der Waals surface area contributed by atoms with Crippen LogP contribution in [0, 0.1) is 19.8 Å². The van der Waals surface area contributed by atoms with Crippen molar-refractivity contribution in [1.82, 2.24) is 10.2 Å². The second-order valence-electron chi connectivity index (χ2n) is 10.6. The lowest BCUT2D eigenvalue weighted by atomic mass is 10.0. The molecule has 0 aliphatic heterocycles. The van der Waals surface area contributed by atoms with Crippen molar-refractivity contribution in [3.8, 4) is 0 Å². The van der Waals surface area contributed by atoms with Gasteiger partial charge in [0.15, 0.2) is 0 Å².